The highest BCUT2D eigenvalue weighted by atomic mass is 79.9. The summed E-state index contributed by atoms with van der Waals surface area (Å²) in [6.07, 6.45) is -0.0541. The van der Waals surface area contributed by atoms with Gasteiger partial charge in [-0.05, 0) is 42.8 Å². The number of carbonyl (C=O) groups excluding carboxylic acids is 1. The Morgan fingerprint density at radius 2 is 2.16 bits per heavy atom. The van der Waals surface area contributed by atoms with Crippen molar-refractivity contribution in [3.05, 3.63) is 32.3 Å². The number of hydrogen-bond donors (Lipinski definition) is 1. The van der Waals surface area contributed by atoms with Crippen molar-refractivity contribution in [1.29, 1.82) is 0 Å². The lowest BCUT2D eigenvalue weighted by Crippen LogP contribution is -2.21. The van der Waals surface area contributed by atoms with Gasteiger partial charge in [-0.3, -0.25) is 14.9 Å². The Balaban J connectivity index is 2.86. The second-order valence-electron chi connectivity index (χ2n) is 4.28. The molecule has 0 aliphatic rings. The van der Waals surface area contributed by atoms with Crippen molar-refractivity contribution in [2.24, 2.45) is 0 Å². The van der Waals surface area contributed by atoms with Gasteiger partial charge in [-0.15, -0.1) is 0 Å². The van der Waals surface area contributed by atoms with Crippen LogP contribution >= 0.6 is 15.9 Å². The van der Waals surface area contributed by atoms with E-state index in [1.807, 2.05) is 13.8 Å². The average molecular weight is 331 g/mol. The monoisotopic (exact) mass is 330 g/mol. The molecule has 1 N–H and O–H groups in total. The standard InChI is InChI=1S/C12H15BrN2O4/c1-7(2)19-6-12(16)14-10-5-11(15(17)18)8(3)4-9(10)13/h4-5,7H,6H2,1-3H3,(H,14,16). The van der Waals surface area contributed by atoms with E-state index < -0.39 is 4.92 Å². The number of benzene rings is 1. The van der Waals surface area contributed by atoms with E-state index >= 15 is 0 Å². The van der Waals surface area contributed by atoms with Gasteiger partial charge in [0.15, 0.2) is 0 Å². The number of halogens is 1. The number of hydrogen-bond acceptors (Lipinski definition) is 4. The van der Waals surface area contributed by atoms with Crippen molar-refractivity contribution in [3.8, 4) is 0 Å². The molecular formula is C12H15BrN2O4. The molecule has 0 aliphatic carbocycles. The van der Waals surface area contributed by atoms with Crippen LogP contribution in [0.2, 0.25) is 0 Å². The fraction of sp³-hybridized carbons (Fsp3) is 0.417. The van der Waals surface area contributed by atoms with Crippen LogP contribution in [0.3, 0.4) is 0 Å². The molecule has 0 saturated heterocycles. The van der Waals surface area contributed by atoms with E-state index in [0.29, 0.717) is 15.7 Å². The molecule has 1 aromatic rings. The van der Waals surface area contributed by atoms with E-state index in [2.05, 4.69) is 21.2 Å². The summed E-state index contributed by atoms with van der Waals surface area (Å²) in [5.41, 5.74) is 0.839. The number of aryl methyl sites for hydroxylation is 1. The van der Waals surface area contributed by atoms with Gasteiger partial charge in [-0.1, -0.05) is 0 Å². The highest BCUT2D eigenvalue weighted by Crippen LogP contribution is 2.30. The number of nitro benzene ring substituents is 1. The maximum atomic E-state index is 11.6. The Labute approximate surface area is 119 Å². The maximum absolute atomic E-state index is 11.6. The predicted molar refractivity (Wildman–Crippen MR) is 75.3 cm³/mol. The molecule has 0 unspecified atom stereocenters. The molecule has 19 heavy (non-hydrogen) atoms. The van der Waals surface area contributed by atoms with Crippen LogP contribution in [0.5, 0.6) is 0 Å². The first kappa shape index (κ1) is 15.6. The van der Waals surface area contributed by atoms with Gasteiger partial charge in [0.05, 0.1) is 16.7 Å². The van der Waals surface area contributed by atoms with Crippen LogP contribution in [-0.2, 0) is 9.53 Å². The molecule has 0 heterocycles. The molecule has 1 rings (SSSR count). The summed E-state index contributed by atoms with van der Waals surface area (Å²) in [5.74, 6) is -0.354. The quantitative estimate of drug-likeness (QED) is 0.664. The Morgan fingerprint density at radius 1 is 1.53 bits per heavy atom. The summed E-state index contributed by atoms with van der Waals surface area (Å²) in [7, 11) is 0. The number of amides is 1. The second-order valence-corrected chi connectivity index (χ2v) is 5.14. The largest absolute Gasteiger partial charge is 0.369 e. The fourth-order valence-electron chi connectivity index (χ4n) is 1.38. The summed E-state index contributed by atoms with van der Waals surface area (Å²) in [5, 5.41) is 13.4. The van der Waals surface area contributed by atoms with E-state index in [4.69, 9.17) is 4.74 Å². The van der Waals surface area contributed by atoms with E-state index in [9.17, 15) is 14.9 Å². The number of nitrogens with one attached hydrogen (secondary N) is 1. The maximum Gasteiger partial charge on any atom is 0.274 e. The second kappa shape index (κ2) is 6.63. The van der Waals surface area contributed by atoms with Gasteiger partial charge in [-0.2, -0.15) is 0 Å². The topological polar surface area (TPSA) is 81.5 Å². The van der Waals surface area contributed by atoms with Crippen LogP contribution in [0.1, 0.15) is 19.4 Å². The fourth-order valence-corrected chi connectivity index (χ4v) is 1.94. The number of nitrogens with zero attached hydrogens (tertiary/aromatic N) is 1. The Bertz CT molecular complexity index is 503. The Kier molecular flexibility index (Phi) is 5.44. The van der Waals surface area contributed by atoms with Gasteiger partial charge in [-0.25, -0.2) is 0 Å². The molecule has 0 atom stereocenters. The van der Waals surface area contributed by atoms with Gasteiger partial charge >= 0.3 is 0 Å². The van der Waals surface area contributed by atoms with Gasteiger partial charge in [0.25, 0.3) is 5.69 Å². The van der Waals surface area contributed by atoms with Gasteiger partial charge in [0.1, 0.15) is 6.61 Å². The van der Waals surface area contributed by atoms with E-state index in [1.54, 1.807) is 13.0 Å². The molecule has 0 bridgehead atoms. The van der Waals surface area contributed by atoms with Gasteiger partial charge < -0.3 is 10.1 Å². The summed E-state index contributed by atoms with van der Waals surface area (Å²) < 4.78 is 5.75. The lowest BCUT2D eigenvalue weighted by atomic mass is 10.2. The minimum Gasteiger partial charge on any atom is -0.369 e. The van der Waals surface area contributed by atoms with Crippen LogP contribution < -0.4 is 5.32 Å². The molecule has 1 amide bonds. The summed E-state index contributed by atoms with van der Waals surface area (Å²) in [4.78, 5) is 22.0. The number of nitro groups is 1. The van der Waals surface area contributed by atoms with Gasteiger partial charge in [0.2, 0.25) is 5.91 Å². The third kappa shape index (κ3) is 4.60. The molecule has 0 aliphatic heterocycles. The van der Waals surface area contributed by atoms with E-state index in [0.717, 1.165) is 0 Å². The Hall–Kier alpha value is -1.47. The SMILES string of the molecule is Cc1cc(Br)c(NC(=O)COC(C)C)cc1[N+](=O)[O-]. The van der Waals surface area contributed by atoms with Crippen molar-refractivity contribution >= 4 is 33.2 Å². The highest BCUT2D eigenvalue weighted by molar-refractivity contribution is 9.10. The predicted octanol–water partition coefficient (Wildman–Crippen LogP) is 3.03. The zero-order valence-electron chi connectivity index (χ0n) is 10.9. The number of ether oxygens (including phenoxy) is 1. The minimum absolute atomic E-state index is 0.0386. The van der Waals surface area contributed by atoms with Crippen molar-refractivity contribution in [3.63, 3.8) is 0 Å². The number of rotatable bonds is 5. The van der Waals surface area contributed by atoms with Crippen molar-refractivity contribution in [1.82, 2.24) is 0 Å². The lowest BCUT2D eigenvalue weighted by Gasteiger charge is -2.10. The molecule has 104 valence electrons. The average Bonchev–Trinajstić information content (AvgIpc) is 2.29. The molecule has 6 nitrogen and oxygen atoms in total. The first-order valence-corrected chi connectivity index (χ1v) is 6.46. The molecule has 0 spiro atoms. The number of anilines is 1. The van der Waals surface area contributed by atoms with Crippen LogP contribution in [0, 0.1) is 17.0 Å². The van der Waals surface area contributed by atoms with Crippen molar-refractivity contribution < 1.29 is 14.5 Å². The van der Waals surface area contributed by atoms with Crippen LogP contribution in [0.15, 0.2) is 16.6 Å². The van der Waals surface area contributed by atoms with Crippen LogP contribution in [-0.4, -0.2) is 23.5 Å². The van der Waals surface area contributed by atoms with Crippen molar-refractivity contribution in [2.45, 2.75) is 26.9 Å². The smallest absolute Gasteiger partial charge is 0.274 e. The normalized spacial score (nSPS) is 10.6. The highest BCUT2D eigenvalue weighted by Gasteiger charge is 2.15. The molecule has 7 heteroatoms. The molecule has 0 aromatic heterocycles. The lowest BCUT2D eigenvalue weighted by molar-refractivity contribution is -0.385. The van der Waals surface area contributed by atoms with E-state index in [1.165, 1.54) is 6.07 Å². The first-order valence-electron chi connectivity index (χ1n) is 5.67. The molecule has 0 fully saturated rings. The molecule has 0 radical (unpaired) electrons. The third-order valence-corrected chi connectivity index (χ3v) is 2.96. The zero-order chi connectivity index (χ0) is 14.6. The third-order valence-electron chi connectivity index (χ3n) is 2.30. The minimum atomic E-state index is -0.484. The summed E-state index contributed by atoms with van der Waals surface area (Å²) >= 11 is 3.26. The van der Waals surface area contributed by atoms with E-state index in [-0.39, 0.29) is 24.3 Å². The summed E-state index contributed by atoms with van der Waals surface area (Å²) in [6.45, 7) is 5.18. The van der Waals surface area contributed by atoms with Crippen molar-refractivity contribution in [2.75, 3.05) is 11.9 Å². The zero-order valence-corrected chi connectivity index (χ0v) is 12.5. The summed E-state index contributed by atoms with van der Waals surface area (Å²) in [6, 6.07) is 2.92. The molecular weight excluding hydrogens is 316 g/mol. The van der Waals surface area contributed by atoms with Gasteiger partial charge in [0, 0.05) is 16.1 Å². The van der Waals surface area contributed by atoms with Crippen LogP contribution in [0.4, 0.5) is 11.4 Å². The Morgan fingerprint density at radius 3 is 2.68 bits per heavy atom. The number of carbonyl (C=O) groups is 1. The molecule has 0 saturated carbocycles. The molecule has 1 aromatic carbocycles. The van der Waals surface area contributed by atoms with Crippen LogP contribution in [0.25, 0.3) is 0 Å². The first-order chi connectivity index (χ1) is 8.81.